The molecule has 7 nitrogen and oxygen atoms in total. The van der Waals surface area contributed by atoms with E-state index < -0.39 is 0 Å². The summed E-state index contributed by atoms with van der Waals surface area (Å²) in [7, 11) is 0. The lowest BCUT2D eigenvalue weighted by molar-refractivity contribution is -0.111. The highest BCUT2D eigenvalue weighted by Gasteiger charge is 2.24. The Labute approximate surface area is 678 Å². The van der Waals surface area contributed by atoms with Crippen molar-refractivity contribution in [1.82, 2.24) is 0 Å². The summed E-state index contributed by atoms with van der Waals surface area (Å²) in [5.41, 5.74) is 27.3. The van der Waals surface area contributed by atoms with Crippen LogP contribution in [0, 0.1) is 0 Å². The standard InChI is InChI=1S/C109H84O7/c110-109-93(51-77-41-47-103(48-42-77)111-75-83-61-105(113-71-79-53-95(85-25-9-1-10-26-85)65-96(54-79)86-27-11-2-12-28-86)69-106(62-83)114-72-80-55-97(87-29-13-3-14-30-87)66-98(56-80)88-31-15-4-16-32-88)45-46-94(109)52-78-43-49-104(50-44-78)112-76-84-63-107(115-73-81-57-99(89-33-17-5-18-34-89)67-100(58-81)90-35-19-6-20-36-90)70-108(64-84)116-74-82-59-101(91-37-21-7-22-38-91)68-102(60-82)92-39-23-8-24-40-92/h1-44,47-70H,45-46,71-76H2/b93-51+,94-52+. The number of carbonyl (C=O) groups is 1. The van der Waals surface area contributed by atoms with Gasteiger partial charge in [0.25, 0.3) is 0 Å². The highest BCUT2D eigenvalue weighted by molar-refractivity contribution is 6.15. The smallest absolute Gasteiger partial charge is 0.185 e. The van der Waals surface area contributed by atoms with E-state index >= 15 is 0 Å². The second-order valence-electron chi connectivity index (χ2n) is 29.3. The van der Waals surface area contributed by atoms with Gasteiger partial charge in [0.05, 0.1) is 0 Å². The number of allylic oxidation sites excluding steroid dienone is 2. The van der Waals surface area contributed by atoms with Crippen molar-refractivity contribution in [2.45, 2.75) is 52.5 Å². The van der Waals surface area contributed by atoms with E-state index in [1.165, 1.54) is 0 Å². The molecule has 0 radical (unpaired) electrons. The Kier molecular flexibility index (Phi) is 23.0. The quantitative estimate of drug-likeness (QED) is 0.0453. The number of carbonyl (C=O) groups excluding carboxylic acids is 1. The monoisotopic (exact) mass is 1500 g/mol. The molecule has 17 rings (SSSR count). The van der Waals surface area contributed by atoms with Gasteiger partial charge in [-0.1, -0.05) is 267 Å². The number of benzene rings is 16. The topological polar surface area (TPSA) is 72.5 Å². The Hall–Kier alpha value is -14.5. The minimum absolute atomic E-state index is 0.0491. The largest absolute Gasteiger partial charge is 0.489 e. The molecule has 1 saturated carbocycles. The van der Waals surface area contributed by atoms with Gasteiger partial charge in [0.15, 0.2) is 5.78 Å². The second-order valence-corrected chi connectivity index (χ2v) is 29.3. The first kappa shape index (κ1) is 74.2. The van der Waals surface area contributed by atoms with E-state index in [2.05, 4.69) is 267 Å². The Morgan fingerprint density at radius 1 is 0.181 bits per heavy atom. The molecule has 0 amide bonds. The molecule has 0 heterocycles. The lowest BCUT2D eigenvalue weighted by Gasteiger charge is -2.16. The molecule has 562 valence electrons. The second kappa shape index (κ2) is 35.9. The first-order chi connectivity index (χ1) is 57.3. The number of rotatable bonds is 28. The van der Waals surface area contributed by atoms with Gasteiger partial charge >= 0.3 is 0 Å². The van der Waals surface area contributed by atoms with E-state index in [4.69, 9.17) is 28.4 Å². The highest BCUT2D eigenvalue weighted by Crippen LogP contribution is 2.38. The fourth-order valence-corrected chi connectivity index (χ4v) is 14.9. The Balaban J connectivity index is 0.573. The zero-order chi connectivity index (χ0) is 78.0. The molecule has 0 spiro atoms. The average molecular weight is 1510 g/mol. The van der Waals surface area contributed by atoms with Crippen LogP contribution in [0.15, 0.2) is 412 Å². The van der Waals surface area contributed by atoms with Crippen LogP contribution in [0.5, 0.6) is 34.5 Å². The molecule has 0 atom stereocenters. The van der Waals surface area contributed by atoms with Gasteiger partial charge in [-0.3, -0.25) is 4.79 Å². The van der Waals surface area contributed by atoms with E-state index in [1.807, 2.05) is 146 Å². The van der Waals surface area contributed by atoms with Crippen LogP contribution in [0.4, 0.5) is 0 Å². The molecule has 0 N–H and O–H groups in total. The molecule has 16 aromatic rings. The predicted octanol–water partition coefficient (Wildman–Crippen LogP) is 27.3. The maximum absolute atomic E-state index is 14.1. The van der Waals surface area contributed by atoms with Crippen molar-refractivity contribution in [3.8, 4) is 124 Å². The zero-order valence-corrected chi connectivity index (χ0v) is 64.3. The molecule has 0 unspecified atom stereocenters. The Bertz CT molecular complexity index is 5190. The van der Waals surface area contributed by atoms with Crippen molar-refractivity contribution in [2.75, 3.05) is 0 Å². The molecule has 16 aromatic carbocycles. The lowest BCUT2D eigenvalue weighted by Crippen LogP contribution is -2.02. The first-order valence-electron chi connectivity index (χ1n) is 39.5. The molecule has 0 aromatic heterocycles. The fourth-order valence-electron chi connectivity index (χ4n) is 14.9. The average Bonchev–Trinajstić information content (AvgIpc) is 1.06. The van der Waals surface area contributed by atoms with Gasteiger partial charge in [0.1, 0.15) is 74.1 Å². The lowest BCUT2D eigenvalue weighted by atomic mass is 9.96. The van der Waals surface area contributed by atoms with Crippen molar-refractivity contribution in [1.29, 1.82) is 0 Å². The van der Waals surface area contributed by atoms with Gasteiger partial charge in [0.2, 0.25) is 0 Å². The van der Waals surface area contributed by atoms with Crippen LogP contribution in [0.1, 0.15) is 57.3 Å². The first-order valence-corrected chi connectivity index (χ1v) is 39.5. The molecule has 1 fully saturated rings. The third-order valence-electron chi connectivity index (χ3n) is 20.8. The van der Waals surface area contributed by atoms with Crippen molar-refractivity contribution < 1.29 is 33.2 Å². The number of ketones is 1. The minimum Gasteiger partial charge on any atom is -0.489 e. The zero-order valence-electron chi connectivity index (χ0n) is 64.3. The Morgan fingerprint density at radius 3 is 0.560 bits per heavy atom. The number of hydrogen-bond acceptors (Lipinski definition) is 7. The molecule has 0 saturated heterocycles. The molecule has 116 heavy (non-hydrogen) atoms. The number of ether oxygens (including phenoxy) is 6. The summed E-state index contributed by atoms with van der Waals surface area (Å²) in [5, 5.41) is 0. The van der Waals surface area contributed by atoms with Crippen molar-refractivity contribution >= 4 is 17.9 Å². The van der Waals surface area contributed by atoms with Gasteiger partial charge in [-0.15, -0.1) is 0 Å². The normalized spacial score (nSPS) is 12.5. The van der Waals surface area contributed by atoms with Crippen LogP contribution in [-0.2, 0) is 44.4 Å². The highest BCUT2D eigenvalue weighted by atomic mass is 16.5. The van der Waals surface area contributed by atoms with E-state index in [0.717, 1.165) is 145 Å². The number of hydrogen-bond donors (Lipinski definition) is 0. The number of Topliss-reactive ketones (excluding diaryl/α,β-unsaturated/α-hetero) is 1. The van der Waals surface area contributed by atoms with E-state index in [-0.39, 0.29) is 19.0 Å². The van der Waals surface area contributed by atoms with Crippen LogP contribution in [0.25, 0.3) is 101 Å². The van der Waals surface area contributed by atoms with Gasteiger partial charge in [-0.05, 0) is 280 Å². The summed E-state index contributed by atoms with van der Waals surface area (Å²) in [5.74, 6) is 4.06. The van der Waals surface area contributed by atoms with E-state index in [1.54, 1.807) is 0 Å². The summed E-state index contributed by atoms with van der Waals surface area (Å²) in [6.07, 6.45) is 5.28. The molecular weight excluding hydrogens is 1420 g/mol. The fraction of sp³-hybridized carbons (Fsp3) is 0.0734. The summed E-state index contributed by atoms with van der Waals surface area (Å²) >= 11 is 0. The third kappa shape index (κ3) is 19.1. The van der Waals surface area contributed by atoms with Crippen molar-refractivity contribution in [3.63, 3.8) is 0 Å². The van der Waals surface area contributed by atoms with Gasteiger partial charge in [-0.25, -0.2) is 0 Å². The SMILES string of the molecule is O=C1/C(=C/c2ccc(OCc3cc(OCc4cc(-c5ccccc5)cc(-c5ccccc5)c4)cc(OCc4cc(-c5ccccc5)cc(-c5ccccc5)c4)c3)cc2)CC/C1=C\c1ccc(OCc2cc(OCc3cc(-c4ccccc4)cc(-c4ccccc4)c3)cc(OCc3cc(-c4ccccc4)cc(-c4ccccc4)c3)c2)cc1. The molecular formula is C109H84O7. The maximum atomic E-state index is 14.1. The minimum atomic E-state index is 0.0491. The summed E-state index contributed by atoms with van der Waals surface area (Å²) < 4.78 is 40.1. The van der Waals surface area contributed by atoms with Crippen molar-refractivity contribution in [3.05, 3.63) is 456 Å². The summed E-state index contributed by atoms with van der Waals surface area (Å²) in [6.45, 7) is 1.81. The van der Waals surface area contributed by atoms with Crippen LogP contribution >= 0.6 is 0 Å². The summed E-state index contributed by atoms with van der Waals surface area (Å²) in [6, 6.07) is 138. The van der Waals surface area contributed by atoms with Crippen molar-refractivity contribution in [2.24, 2.45) is 0 Å². The van der Waals surface area contributed by atoms with Crippen LogP contribution in [0.3, 0.4) is 0 Å². The van der Waals surface area contributed by atoms with Crippen LogP contribution in [-0.4, -0.2) is 5.78 Å². The predicted molar refractivity (Wildman–Crippen MR) is 471 cm³/mol. The molecule has 0 aliphatic heterocycles. The van der Waals surface area contributed by atoms with Gasteiger partial charge < -0.3 is 28.4 Å². The molecule has 1 aliphatic carbocycles. The van der Waals surface area contributed by atoms with E-state index in [0.29, 0.717) is 73.8 Å². The third-order valence-corrected chi connectivity index (χ3v) is 20.8. The molecule has 1 aliphatic rings. The Morgan fingerprint density at radius 2 is 0.362 bits per heavy atom. The summed E-state index contributed by atoms with van der Waals surface area (Å²) in [4.78, 5) is 14.1. The van der Waals surface area contributed by atoms with Crippen LogP contribution < -0.4 is 28.4 Å². The van der Waals surface area contributed by atoms with Gasteiger partial charge in [0, 0.05) is 23.3 Å². The van der Waals surface area contributed by atoms with E-state index in [9.17, 15) is 4.79 Å². The maximum Gasteiger partial charge on any atom is 0.185 e. The van der Waals surface area contributed by atoms with Crippen LogP contribution in [0.2, 0.25) is 0 Å². The molecule has 7 heteroatoms. The molecule has 0 bridgehead atoms. The van der Waals surface area contributed by atoms with Gasteiger partial charge in [-0.2, -0.15) is 0 Å².